The Bertz CT molecular complexity index is 1560. The summed E-state index contributed by atoms with van der Waals surface area (Å²) in [5.41, 5.74) is 6.16. The van der Waals surface area contributed by atoms with Crippen LogP contribution in [0.4, 0.5) is 4.79 Å². The van der Waals surface area contributed by atoms with Gasteiger partial charge in [-0.1, -0.05) is 53.1 Å². The Balaban J connectivity index is 1.46. The molecule has 2 saturated heterocycles. The number of hydrazine groups is 1. The fourth-order valence-electron chi connectivity index (χ4n) is 4.67. The van der Waals surface area contributed by atoms with Gasteiger partial charge in [-0.05, 0) is 57.2 Å². The fourth-order valence-corrected chi connectivity index (χ4v) is 4.67. The third-order valence-electron chi connectivity index (χ3n) is 7.14. The van der Waals surface area contributed by atoms with Crippen LogP contribution in [-0.4, -0.2) is 72.5 Å². The number of carbonyl (C=O) groups is 5. The quantitative estimate of drug-likeness (QED) is 0.291. The molecule has 228 valence electrons. The highest BCUT2D eigenvalue weighted by Gasteiger charge is 2.54. The molecule has 0 aromatic heterocycles. The maximum Gasteiger partial charge on any atom is 0.340 e. The number of imide groups is 1. The summed E-state index contributed by atoms with van der Waals surface area (Å²) >= 11 is 0. The smallest absolute Gasteiger partial charge is 0.340 e. The minimum Gasteiger partial charge on any atom is -0.459 e. The molecular formula is C32H31N3O9. The first-order chi connectivity index (χ1) is 21.1. The molecule has 2 aliphatic heterocycles. The molecule has 12 nitrogen and oxygen atoms in total. The van der Waals surface area contributed by atoms with Crippen molar-refractivity contribution in [3.63, 3.8) is 0 Å². The van der Waals surface area contributed by atoms with Crippen molar-refractivity contribution in [2.45, 2.75) is 45.3 Å². The molecule has 0 radical (unpaired) electrons. The van der Waals surface area contributed by atoms with Gasteiger partial charge in [0, 0.05) is 0 Å². The van der Waals surface area contributed by atoms with Crippen LogP contribution < -0.4 is 10.7 Å². The number of urea groups is 1. The van der Waals surface area contributed by atoms with Gasteiger partial charge in [-0.3, -0.25) is 10.1 Å². The van der Waals surface area contributed by atoms with E-state index in [1.165, 1.54) is 0 Å². The van der Waals surface area contributed by atoms with E-state index in [4.69, 9.17) is 18.9 Å². The Kier molecular flexibility index (Phi) is 9.02. The number of esters is 3. The van der Waals surface area contributed by atoms with Crippen molar-refractivity contribution < 1.29 is 42.9 Å². The highest BCUT2D eigenvalue weighted by atomic mass is 16.7. The van der Waals surface area contributed by atoms with Crippen LogP contribution in [0, 0.1) is 20.8 Å². The van der Waals surface area contributed by atoms with Crippen molar-refractivity contribution in [2.24, 2.45) is 0 Å². The van der Waals surface area contributed by atoms with Gasteiger partial charge in [0.1, 0.15) is 12.7 Å². The Morgan fingerprint density at radius 2 is 1.18 bits per heavy atom. The summed E-state index contributed by atoms with van der Waals surface area (Å²) in [6.45, 7) is 4.92. The summed E-state index contributed by atoms with van der Waals surface area (Å²) in [6.07, 6.45) is -5.28. The minimum absolute atomic E-state index is 0.207. The second kappa shape index (κ2) is 13.1. The summed E-state index contributed by atoms with van der Waals surface area (Å²) in [6, 6.07) is 19.1. The Morgan fingerprint density at radius 3 is 1.66 bits per heavy atom. The van der Waals surface area contributed by atoms with Crippen molar-refractivity contribution in [3.8, 4) is 0 Å². The van der Waals surface area contributed by atoms with Crippen molar-refractivity contribution in [2.75, 3.05) is 13.2 Å². The van der Waals surface area contributed by atoms with Crippen molar-refractivity contribution >= 4 is 29.8 Å². The second-order valence-electron chi connectivity index (χ2n) is 10.6. The zero-order valence-electron chi connectivity index (χ0n) is 24.3. The molecule has 4 atom stereocenters. The number of rotatable bonds is 8. The molecule has 2 aliphatic rings. The molecule has 12 heteroatoms. The molecule has 2 N–H and O–H groups in total. The Morgan fingerprint density at radius 1 is 0.727 bits per heavy atom. The fraction of sp³-hybridized carbons (Fsp3) is 0.281. The third kappa shape index (κ3) is 6.93. The molecular weight excluding hydrogens is 570 g/mol. The zero-order valence-corrected chi connectivity index (χ0v) is 24.3. The molecule has 0 bridgehead atoms. The van der Waals surface area contributed by atoms with E-state index in [1.807, 2.05) is 20.8 Å². The van der Waals surface area contributed by atoms with E-state index in [1.54, 1.807) is 72.8 Å². The Hall–Kier alpha value is -5.07. The molecule has 0 spiro atoms. The lowest BCUT2D eigenvalue weighted by molar-refractivity contribution is -0.130. The van der Waals surface area contributed by atoms with Crippen LogP contribution in [0.25, 0.3) is 0 Å². The summed E-state index contributed by atoms with van der Waals surface area (Å²) in [5.74, 6) is -2.76. The number of hydrogen-bond acceptors (Lipinski definition) is 10. The molecule has 44 heavy (non-hydrogen) atoms. The van der Waals surface area contributed by atoms with Gasteiger partial charge in [0.2, 0.25) is 5.91 Å². The van der Waals surface area contributed by atoms with Crippen LogP contribution in [0.15, 0.2) is 72.8 Å². The van der Waals surface area contributed by atoms with Gasteiger partial charge in [-0.15, -0.1) is 0 Å². The average molecular weight is 602 g/mol. The lowest BCUT2D eigenvalue weighted by Crippen LogP contribution is -2.64. The minimum atomic E-state index is -1.40. The maximum absolute atomic E-state index is 13.3. The summed E-state index contributed by atoms with van der Waals surface area (Å²) in [5, 5.41) is 3.12. The SMILES string of the molecule is Cc1ccc(C(=O)OC[C@H]2O[C@@H](N3NCC(=O)NC3=O)[C@H](OC(=O)c3ccc(C)cc3)[C@@H]2OC(=O)c2ccc(C)cc2)cc1. The van der Waals surface area contributed by atoms with Gasteiger partial charge in [-0.2, -0.15) is 0 Å². The molecule has 2 fully saturated rings. The van der Waals surface area contributed by atoms with Crippen molar-refractivity contribution in [1.82, 2.24) is 15.8 Å². The first-order valence-electron chi connectivity index (χ1n) is 13.9. The number of benzene rings is 3. The summed E-state index contributed by atoms with van der Waals surface area (Å²) in [4.78, 5) is 64.1. The van der Waals surface area contributed by atoms with Gasteiger partial charge >= 0.3 is 23.9 Å². The number of amides is 3. The van der Waals surface area contributed by atoms with E-state index >= 15 is 0 Å². The number of ether oxygens (including phenoxy) is 4. The molecule has 0 saturated carbocycles. The number of nitrogens with one attached hydrogen (secondary N) is 2. The van der Waals surface area contributed by atoms with Crippen LogP contribution in [0.1, 0.15) is 47.8 Å². The third-order valence-corrected chi connectivity index (χ3v) is 7.14. The molecule has 2 heterocycles. The summed E-state index contributed by atoms with van der Waals surface area (Å²) in [7, 11) is 0. The van der Waals surface area contributed by atoms with Crippen LogP contribution >= 0.6 is 0 Å². The topological polar surface area (TPSA) is 150 Å². The summed E-state index contributed by atoms with van der Waals surface area (Å²) < 4.78 is 23.4. The molecule has 0 unspecified atom stereocenters. The number of hydrogen-bond donors (Lipinski definition) is 2. The maximum atomic E-state index is 13.3. The zero-order chi connectivity index (χ0) is 31.4. The average Bonchev–Trinajstić information content (AvgIpc) is 3.32. The second-order valence-corrected chi connectivity index (χ2v) is 10.6. The van der Waals surface area contributed by atoms with E-state index in [0.29, 0.717) is 0 Å². The van der Waals surface area contributed by atoms with Gasteiger partial charge in [0.05, 0.1) is 23.2 Å². The first-order valence-corrected chi connectivity index (χ1v) is 13.9. The number of carbonyl (C=O) groups excluding carboxylic acids is 5. The van der Waals surface area contributed by atoms with Crippen LogP contribution in [0.3, 0.4) is 0 Å². The van der Waals surface area contributed by atoms with Gasteiger partial charge in [0.15, 0.2) is 18.4 Å². The lowest BCUT2D eigenvalue weighted by Gasteiger charge is -2.34. The Labute approximate surface area is 253 Å². The first kappa shape index (κ1) is 30.4. The lowest BCUT2D eigenvalue weighted by atomic mass is 10.1. The molecule has 0 aliphatic carbocycles. The normalized spacial score (nSPS) is 21.4. The highest BCUT2D eigenvalue weighted by Crippen LogP contribution is 2.31. The standard InChI is InChI=1S/C32H31N3O9/c1-18-4-10-21(11-5-18)29(37)41-17-24-26(43-30(38)22-12-6-19(2)7-13-22)27(44-31(39)23-14-8-20(3)9-15-23)28(42-24)35-32(40)34-25(36)16-33-35/h4-15,24,26-28,33H,16-17H2,1-3H3,(H,34,36,40)/t24-,26-,27-,28-/m1/s1. The van der Waals surface area contributed by atoms with Crippen LogP contribution in [0.2, 0.25) is 0 Å². The monoisotopic (exact) mass is 601 g/mol. The van der Waals surface area contributed by atoms with Gasteiger partial charge in [-0.25, -0.2) is 29.6 Å². The van der Waals surface area contributed by atoms with E-state index in [2.05, 4.69) is 10.7 Å². The number of nitrogens with zero attached hydrogens (tertiary/aromatic N) is 1. The van der Waals surface area contributed by atoms with Crippen LogP contribution in [0.5, 0.6) is 0 Å². The van der Waals surface area contributed by atoms with E-state index in [-0.39, 0.29) is 23.2 Å². The molecule has 3 amide bonds. The van der Waals surface area contributed by atoms with E-state index in [0.717, 1.165) is 21.7 Å². The van der Waals surface area contributed by atoms with Crippen molar-refractivity contribution in [1.29, 1.82) is 0 Å². The number of aryl methyl sites for hydroxylation is 3. The largest absolute Gasteiger partial charge is 0.459 e. The predicted octanol–water partition coefficient (Wildman–Crippen LogP) is 3.00. The van der Waals surface area contributed by atoms with Crippen molar-refractivity contribution in [3.05, 3.63) is 106 Å². The molecule has 5 rings (SSSR count). The van der Waals surface area contributed by atoms with Crippen LogP contribution in [-0.2, 0) is 23.7 Å². The van der Waals surface area contributed by atoms with E-state index < -0.39 is 61.0 Å². The van der Waals surface area contributed by atoms with E-state index in [9.17, 15) is 24.0 Å². The molecule has 3 aromatic carbocycles. The van der Waals surface area contributed by atoms with Gasteiger partial charge < -0.3 is 18.9 Å². The predicted molar refractivity (Wildman–Crippen MR) is 154 cm³/mol. The molecule has 3 aromatic rings. The highest BCUT2D eigenvalue weighted by molar-refractivity contribution is 5.97. The van der Waals surface area contributed by atoms with Gasteiger partial charge in [0.25, 0.3) is 0 Å².